The molecule has 1 atom stereocenters. The van der Waals surface area contributed by atoms with Gasteiger partial charge in [-0.15, -0.1) is 12.4 Å². The summed E-state index contributed by atoms with van der Waals surface area (Å²) in [5, 5.41) is 3.33. The SMILES string of the molecule is CNC1CCN(CC(=O)N2CCCCC2C)CC1.Cl. The molecule has 0 aromatic carbocycles. The van der Waals surface area contributed by atoms with Gasteiger partial charge in [-0.1, -0.05) is 0 Å². The molecule has 0 aromatic heterocycles. The summed E-state index contributed by atoms with van der Waals surface area (Å²) in [5.41, 5.74) is 0. The van der Waals surface area contributed by atoms with E-state index in [4.69, 9.17) is 0 Å². The molecular formula is C14H28ClN3O. The summed E-state index contributed by atoms with van der Waals surface area (Å²) in [5.74, 6) is 0.338. The zero-order valence-electron chi connectivity index (χ0n) is 12.2. The van der Waals surface area contributed by atoms with Crippen molar-refractivity contribution in [1.29, 1.82) is 0 Å². The molecule has 2 saturated heterocycles. The third-order valence-electron chi connectivity index (χ3n) is 4.48. The Kier molecular flexibility index (Phi) is 7.11. The maximum absolute atomic E-state index is 12.3. The van der Waals surface area contributed by atoms with E-state index in [1.165, 1.54) is 32.1 Å². The van der Waals surface area contributed by atoms with Crippen LogP contribution >= 0.6 is 12.4 Å². The maximum Gasteiger partial charge on any atom is 0.236 e. The molecule has 0 radical (unpaired) electrons. The van der Waals surface area contributed by atoms with Crippen LogP contribution in [0.5, 0.6) is 0 Å². The molecule has 4 nitrogen and oxygen atoms in total. The first-order valence-electron chi connectivity index (χ1n) is 7.40. The highest BCUT2D eigenvalue weighted by Crippen LogP contribution is 2.17. The average molecular weight is 290 g/mol. The maximum atomic E-state index is 12.3. The normalized spacial score (nSPS) is 26.0. The number of hydrogen-bond acceptors (Lipinski definition) is 3. The highest BCUT2D eigenvalue weighted by Gasteiger charge is 2.26. The molecule has 1 unspecified atom stereocenters. The van der Waals surface area contributed by atoms with Crippen molar-refractivity contribution in [2.75, 3.05) is 33.2 Å². The van der Waals surface area contributed by atoms with Crippen molar-refractivity contribution < 1.29 is 4.79 Å². The van der Waals surface area contributed by atoms with Gasteiger partial charge >= 0.3 is 0 Å². The first-order chi connectivity index (χ1) is 8.70. The van der Waals surface area contributed by atoms with Gasteiger partial charge in [0, 0.05) is 31.7 Å². The van der Waals surface area contributed by atoms with Crippen LogP contribution in [0.25, 0.3) is 0 Å². The Morgan fingerprint density at radius 1 is 1.16 bits per heavy atom. The third kappa shape index (κ3) is 4.62. The van der Waals surface area contributed by atoms with Gasteiger partial charge in [-0.05, 0) is 46.1 Å². The topological polar surface area (TPSA) is 35.6 Å². The minimum absolute atomic E-state index is 0. The minimum atomic E-state index is 0. The van der Waals surface area contributed by atoms with Gasteiger partial charge in [0.15, 0.2) is 0 Å². The molecule has 112 valence electrons. The molecule has 19 heavy (non-hydrogen) atoms. The molecule has 0 spiro atoms. The second-order valence-electron chi connectivity index (χ2n) is 5.77. The van der Waals surface area contributed by atoms with Crippen LogP contribution < -0.4 is 5.32 Å². The first kappa shape index (κ1) is 16.7. The van der Waals surface area contributed by atoms with Crippen LogP contribution in [0.15, 0.2) is 0 Å². The Morgan fingerprint density at radius 3 is 2.42 bits per heavy atom. The summed E-state index contributed by atoms with van der Waals surface area (Å²) in [6, 6.07) is 1.09. The van der Waals surface area contributed by atoms with E-state index in [9.17, 15) is 4.79 Å². The van der Waals surface area contributed by atoms with E-state index in [-0.39, 0.29) is 12.4 Å². The number of piperidine rings is 2. The van der Waals surface area contributed by atoms with Crippen molar-refractivity contribution in [2.24, 2.45) is 0 Å². The summed E-state index contributed by atoms with van der Waals surface area (Å²) < 4.78 is 0. The van der Waals surface area contributed by atoms with Crippen molar-refractivity contribution in [3.05, 3.63) is 0 Å². The van der Waals surface area contributed by atoms with Gasteiger partial charge in [-0.2, -0.15) is 0 Å². The Morgan fingerprint density at radius 2 is 1.84 bits per heavy atom. The molecule has 1 N–H and O–H groups in total. The van der Waals surface area contributed by atoms with E-state index in [0.717, 1.165) is 19.6 Å². The Labute approximate surface area is 123 Å². The number of carbonyl (C=O) groups excluding carboxylic acids is 1. The molecule has 2 fully saturated rings. The Balaban J connectivity index is 0.00000180. The lowest BCUT2D eigenvalue weighted by Crippen LogP contribution is -2.49. The molecule has 2 rings (SSSR count). The van der Waals surface area contributed by atoms with Gasteiger partial charge in [0.05, 0.1) is 6.54 Å². The van der Waals surface area contributed by atoms with E-state index < -0.39 is 0 Å². The third-order valence-corrected chi connectivity index (χ3v) is 4.48. The lowest BCUT2D eigenvalue weighted by atomic mass is 10.0. The van der Waals surface area contributed by atoms with Crippen molar-refractivity contribution in [2.45, 2.75) is 51.1 Å². The second-order valence-corrected chi connectivity index (χ2v) is 5.77. The van der Waals surface area contributed by atoms with Gasteiger partial charge in [0.1, 0.15) is 0 Å². The monoisotopic (exact) mass is 289 g/mol. The number of hydrogen-bond donors (Lipinski definition) is 1. The summed E-state index contributed by atoms with van der Waals surface area (Å²) in [4.78, 5) is 16.7. The molecule has 0 bridgehead atoms. The molecule has 0 aliphatic carbocycles. The number of halogens is 1. The van der Waals surface area contributed by atoms with Gasteiger partial charge in [-0.25, -0.2) is 0 Å². The van der Waals surface area contributed by atoms with Crippen molar-refractivity contribution in [1.82, 2.24) is 15.1 Å². The molecule has 0 saturated carbocycles. The summed E-state index contributed by atoms with van der Waals surface area (Å²) in [7, 11) is 2.03. The molecule has 5 heteroatoms. The van der Waals surface area contributed by atoms with E-state index in [1.807, 2.05) is 7.05 Å². The van der Waals surface area contributed by atoms with E-state index >= 15 is 0 Å². The first-order valence-corrected chi connectivity index (χ1v) is 7.40. The van der Waals surface area contributed by atoms with E-state index in [0.29, 0.717) is 24.5 Å². The van der Waals surface area contributed by atoms with Gasteiger partial charge in [-0.3, -0.25) is 9.69 Å². The van der Waals surface area contributed by atoms with Crippen LogP contribution in [-0.2, 0) is 4.79 Å². The lowest BCUT2D eigenvalue weighted by Gasteiger charge is -2.37. The van der Waals surface area contributed by atoms with Gasteiger partial charge < -0.3 is 10.2 Å². The molecule has 2 heterocycles. The number of carbonyl (C=O) groups is 1. The smallest absolute Gasteiger partial charge is 0.236 e. The Bertz CT molecular complexity index is 280. The van der Waals surface area contributed by atoms with Crippen molar-refractivity contribution in [3.8, 4) is 0 Å². The zero-order chi connectivity index (χ0) is 13.0. The van der Waals surface area contributed by atoms with Crippen LogP contribution in [0, 0.1) is 0 Å². The van der Waals surface area contributed by atoms with Crippen LogP contribution in [0.4, 0.5) is 0 Å². The van der Waals surface area contributed by atoms with Crippen molar-refractivity contribution in [3.63, 3.8) is 0 Å². The van der Waals surface area contributed by atoms with Crippen LogP contribution in [-0.4, -0.2) is 61.0 Å². The lowest BCUT2D eigenvalue weighted by molar-refractivity contribution is -0.135. The van der Waals surface area contributed by atoms with Crippen LogP contribution in [0.1, 0.15) is 39.0 Å². The number of likely N-dealkylation sites (tertiary alicyclic amines) is 2. The molecule has 0 aromatic rings. The fourth-order valence-corrected chi connectivity index (χ4v) is 3.13. The highest BCUT2D eigenvalue weighted by atomic mass is 35.5. The molecule has 2 aliphatic rings. The van der Waals surface area contributed by atoms with Gasteiger partial charge in [0.2, 0.25) is 5.91 Å². The quantitative estimate of drug-likeness (QED) is 0.855. The number of rotatable bonds is 3. The van der Waals surface area contributed by atoms with Crippen LogP contribution in [0.2, 0.25) is 0 Å². The fraction of sp³-hybridized carbons (Fsp3) is 0.929. The predicted octanol–water partition coefficient (Wildman–Crippen LogP) is 1.49. The number of amides is 1. The summed E-state index contributed by atoms with van der Waals surface area (Å²) >= 11 is 0. The average Bonchev–Trinajstić information content (AvgIpc) is 2.40. The molecule has 2 aliphatic heterocycles. The number of nitrogens with one attached hydrogen (secondary N) is 1. The minimum Gasteiger partial charge on any atom is -0.339 e. The Hall–Kier alpha value is -0.320. The molecule has 1 amide bonds. The van der Waals surface area contributed by atoms with Gasteiger partial charge in [0.25, 0.3) is 0 Å². The van der Waals surface area contributed by atoms with E-state index in [1.54, 1.807) is 0 Å². The molecular weight excluding hydrogens is 262 g/mol. The fourth-order valence-electron chi connectivity index (χ4n) is 3.13. The van der Waals surface area contributed by atoms with E-state index in [2.05, 4.69) is 22.0 Å². The van der Waals surface area contributed by atoms with Crippen molar-refractivity contribution >= 4 is 18.3 Å². The zero-order valence-corrected chi connectivity index (χ0v) is 13.0. The summed E-state index contributed by atoms with van der Waals surface area (Å²) in [6.07, 6.45) is 5.96. The largest absolute Gasteiger partial charge is 0.339 e. The predicted molar refractivity (Wildman–Crippen MR) is 80.8 cm³/mol. The highest BCUT2D eigenvalue weighted by molar-refractivity contribution is 5.85. The standard InChI is InChI=1S/C14H27N3O.ClH/c1-12-5-3-4-8-17(12)14(18)11-16-9-6-13(15-2)7-10-16;/h12-13,15H,3-11H2,1-2H3;1H. The second kappa shape index (κ2) is 8.08. The number of nitrogens with zero attached hydrogens (tertiary/aromatic N) is 2. The van der Waals surface area contributed by atoms with Crippen LogP contribution in [0.3, 0.4) is 0 Å². The summed E-state index contributed by atoms with van der Waals surface area (Å²) in [6.45, 7) is 5.89.